The molecule has 100 valence electrons. The molecule has 3 fully saturated rings. The Hall–Kier alpha value is -1.10. The lowest BCUT2D eigenvalue weighted by Gasteiger charge is -2.39. The molecule has 2 heterocycles. The van der Waals surface area contributed by atoms with Crippen LogP contribution in [0.4, 0.5) is 0 Å². The van der Waals surface area contributed by atoms with E-state index in [0.717, 1.165) is 38.6 Å². The van der Waals surface area contributed by atoms with E-state index >= 15 is 0 Å². The second-order valence-corrected chi connectivity index (χ2v) is 5.54. The molecule has 5 heteroatoms. The maximum Gasteiger partial charge on any atom is 0.246 e. The van der Waals surface area contributed by atoms with Crippen LogP contribution in [0.2, 0.25) is 0 Å². The first-order valence-corrected chi connectivity index (χ1v) is 6.83. The summed E-state index contributed by atoms with van der Waals surface area (Å²) < 4.78 is 5.35. The van der Waals surface area contributed by atoms with Gasteiger partial charge in [-0.25, -0.2) is 0 Å². The summed E-state index contributed by atoms with van der Waals surface area (Å²) in [5.74, 6) is 0.284. The van der Waals surface area contributed by atoms with Crippen LogP contribution in [0.1, 0.15) is 32.1 Å². The van der Waals surface area contributed by atoms with Crippen LogP contribution in [0.25, 0.3) is 0 Å². The summed E-state index contributed by atoms with van der Waals surface area (Å²) >= 11 is 0. The van der Waals surface area contributed by atoms with Crippen molar-refractivity contribution in [3.8, 4) is 0 Å². The predicted molar refractivity (Wildman–Crippen MR) is 64.9 cm³/mol. The number of piperazine rings is 1. The maximum atomic E-state index is 12.4. The second kappa shape index (κ2) is 4.53. The Morgan fingerprint density at radius 2 is 2.00 bits per heavy atom. The predicted octanol–water partition coefficient (Wildman–Crippen LogP) is 0.387. The first-order chi connectivity index (χ1) is 8.70. The van der Waals surface area contributed by atoms with E-state index in [4.69, 9.17) is 4.74 Å². The molecule has 18 heavy (non-hydrogen) atoms. The van der Waals surface area contributed by atoms with Gasteiger partial charge in [-0.05, 0) is 32.1 Å². The molecular weight excluding hydrogens is 232 g/mol. The van der Waals surface area contributed by atoms with Gasteiger partial charge in [0.2, 0.25) is 11.8 Å². The third-order valence-corrected chi connectivity index (χ3v) is 4.58. The Kier molecular flexibility index (Phi) is 3.01. The van der Waals surface area contributed by atoms with Gasteiger partial charge in [0, 0.05) is 19.7 Å². The highest BCUT2D eigenvalue weighted by atomic mass is 16.5. The van der Waals surface area contributed by atoms with Crippen molar-refractivity contribution in [3.05, 3.63) is 0 Å². The Morgan fingerprint density at radius 1 is 1.17 bits per heavy atom. The normalized spacial score (nSPS) is 36.4. The summed E-state index contributed by atoms with van der Waals surface area (Å²) in [5.41, 5.74) is 0. The highest BCUT2D eigenvalue weighted by Gasteiger charge is 2.45. The summed E-state index contributed by atoms with van der Waals surface area (Å²) in [6.07, 6.45) is 4.88. The molecule has 3 unspecified atom stereocenters. The lowest BCUT2D eigenvalue weighted by molar-refractivity contribution is -0.155. The molecule has 3 rings (SSSR count). The number of carbonyl (C=O) groups is 2. The summed E-state index contributed by atoms with van der Waals surface area (Å²) in [4.78, 5) is 28.0. The number of hydrogen-bond donors (Lipinski definition) is 0. The molecule has 2 saturated heterocycles. The van der Waals surface area contributed by atoms with Gasteiger partial charge >= 0.3 is 0 Å². The fourth-order valence-corrected chi connectivity index (χ4v) is 3.55. The van der Waals surface area contributed by atoms with Crippen LogP contribution in [0.3, 0.4) is 0 Å². The quantitative estimate of drug-likeness (QED) is 0.714. The van der Waals surface area contributed by atoms with Gasteiger partial charge in [0.1, 0.15) is 12.6 Å². The Bertz CT molecular complexity index is 371. The molecule has 3 aliphatic rings. The second-order valence-electron chi connectivity index (χ2n) is 5.54. The summed E-state index contributed by atoms with van der Waals surface area (Å²) in [6, 6.07) is 0.0296. The van der Waals surface area contributed by atoms with Crippen LogP contribution in [0.5, 0.6) is 0 Å². The number of hydrogen-bond acceptors (Lipinski definition) is 3. The van der Waals surface area contributed by atoms with Gasteiger partial charge in [0.15, 0.2) is 0 Å². The molecule has 5 nitrogen and oxygen atoms in total. The highest BCUT2D eigenvalue weighted by Crippen LogP contribution is 2.31. The Morgan fingerprint density at radius 3 is 2.72 bits per heavy atom. The fraction of sp³-hybridized carbons (Fsp3) is 0.846. The van der Waals surface area contributed by atoms with Crippen molar-refractivity contribution < 1.29 is 14.3 Å². The van der Waals surface area contributed by atoms with E-state index in [0.29, 0.717) is 0 Å². The number of methoxy groups -OCH3 is 1. The molecule has 0 N–H and O–H groups in total. The fourth-order valence-electron chi connectivity index (χ4n) is 3.55. The molecule has 1 saturated carbocycles. The van der Waals surface area contributed by atoms with Gasteiger partial charge in [0.25, 0.3) is 0 Å². The molecule has 0 radical (unpaired) electrons. The maximum absolute atomic E-state index is 12.4. The number of carbonyl (C=O) groups excluding carboxylic acids is 2. The van der Waals surface area contributed by atoms with Crippen LogP contribution in [-0.2, 0) is 14.3 Å². The summed E-state index contributed by atoms with van der Waals surface area (Å²) in [5, 5.41) is 0. The van der Waals surface area contributed by atoms with Crippen molar-refractivity contribution in [2.24, 2.45) is 0 Å². The minimum absolute atomic E-state index is 0.123. The van der Waals surface area contributed by atoms with E-state index in [9.17, 15) is 9.59 Å². The minimum atomic E-state index is -0.173. The van der Waals surface area contributed by atoms with Crippen molar-refractivity contribution >= 4 is 11.8 Å². The van der Waals surface area contributed by atoms with E-state index in [1.54, 1.807) is 12.0 Å². The average Bonchev–Trinajstić information content (AvgIpc) is 3.01. The third kappa shape index (κ3) is 1.81. The lowest BCUT2D eigenvalue weighted by Crippen LogP contribution is -2.59. The molecule has 1 aliphatic carbocycles. The van der Waals surface area contributed by atoms with E-state index in [1.807, 2.05) is 4.90 Å². The largest absolute Gasteiger partial charge is 0.381 e. The van der Waals surface area contributed by atoms with Gasteiger partial charge in [0.05, 0.1) is 6.10 Å². The topological polar surface area (TPSA) is 49.9 Å². The van der Waals surface area contributed by atoms with E-state index < -0.39 is 0 Å². The number of rotatable bonds is 2. The van der Waals surface area contributed by atoms with Gasteiger partial charge in [-0.15, -0.1) is 0 Å². The zero-order valence-electron chi connectivity index (χ0n) is 10.8. The standard InChI is InChI=1S/C13H20N2O3/c1-18-10-5-4-9(7-10)15-8-12(16)14-6-2-3-11(14)13(15)17/h9-11H,2-8H2,1H3. The van der Waals surface area contributed by atoms with E-state index in [2.05, 4.69) is 0 Å². The number of amides is 2. The zero-order chi connectivity index (χ0) is 12.7. The van der Waals surface area contributed by atoms with Crippen molar-refractivity contribution in [1.82, 2.24) is 9.80 Å². The number of fused-ring (bicyclic) bond motifs is 1. The highest BCUT2D eigenvalue weighted by molar-refractivity contribution is 5.95. The summed E-state index contributed by atoms with van der Waals surface area (Å²) in [7, 11) is 1.72. The van der Waals surface area contributed by atoms with Crippen molar-refractivity contribution in [2.45, 2.75) is 50.3 Å². The average molecular weight is 252 g/mol. The van der Waals surface area contributed by atoms with Crippen LogP contribution in [-0.4, -0.2) is 60.0 Å². The zero-order valence-corrected chi connectivity index (χ0v) is 10.8. The van der Waals surface area contributed by atoms with E-state index in [1.165, 1.54) is 0 Å². The molecule has 0 aromatic heterocycles. The van der Waals surface area contributed by atoms with Crippen LogP contribution < -0.4 is 0 Å². The Balaban J connectivity index is 1.73. The van der Waals surface area contributed by atoms with Crippen molar-refractivity contribution in [2.75, 3.05) is 20.2 Å². The molecule has 2 aliphatic heterocycles. The smallest absolute Gasteiger partial charge is 0.246 e. The number of nitrogens with zero attached hydrogens (tertiary/aromatic N) is 2. The molecule has 0 aromatic carbocycles. The summed E-state index contributed by atoms with van der Waals surface area (Å²) in [6.45, 7) is 1.03. The number of ether oxygens (including phenoxy) is 1. The van der Waals surface area contributed by atoms with Gasteiger partial charge in [-0.1, -0.05) is 0 Å². The van der Waals surface area contributed by atoms with Gasteiger partial charge < -0.3 is 14.5 Å². The molecule has 2 amide bonds. The Labute approximate surface area is 107 Å². The monoisotopic (exact) mass is 252 g/mol. The third-order valence-electron chi connectivity index (χ3n) is 4.58. The van der Waals surface area contributed by atoms with Crippen LogP contribution >= 0.6 is 0 Å². The minimum Gasteiger partial charge on any atom is -0.381 e. The lowest BCUT2D eigenvalue weighted by atomic mass is 10.1. The van der Waals surface area contributed by atoms with Crippen LogP contribution in [0.15, 0.2) is 0 Å². The van der Waals surface area contributed by atoms with Gasteiger partial charge in [-0.3, -0.25) is 9.59 Å². The van der Waals surface area contributed by atoms with E-state index in [-0.39, 0.29) is 36.5 Å². The molecule has 3 atom stereocenters. The van der Waals surface area contributed by atoms with Crippen LogP contribution in [0, 0.1) is 0 Å². The molecule has 0 bridgehead atoms. The van der Waals surface area contributed by atoms with Gasteiger partial charge in [-0.2, -0.15) is 0 Å². The SMILES string of the molecule is COC1CCC(N2CC(=O)N3CCCC3C2=O)C1. The molecule has 0 aromatic rings. The first-order valence-electron chi connectivity index (χ1n) is 6.83. The first kappa shape index (κ1) is 12.0. The molecule has 0 spiro atoms. The van der Waals surface area contributed by atoms with Crippen molar-refractivity contribution in [3.63, 3.8) is 0 Å². The van der Waals surface area contributed by atoms with Crippen molar-refractivity contribution in [1.29, 1.82) is 0 Å². The molecular formula is C13H20N2O3.